The van der Waals surface area contributed by atoms with Gasteiger partial charge in [0.15, 0.2) is 0 Å². The summed E-state index contributed by atoms with van der Waals surface area (Å²) >= 11 is 7.80. The Morgan fingerprint density at radius 1 is 1.27 bits per heavy atom. The normalized spacial score (nSPS) is 9.58. The second-order valence-electron chi connectivity index (χ2n) is 5.12. The molecule has 2 aromatic carbocycles. The quantitative estimate of drug-likeness (QED) is 0.239. The first-order valence-electron chi connectivity index (χ1n) is 7.51. The second kappa shape index (κ2) is 9.68. The van der Waals surface area contributed by atoms with Crippen molar-refractivity contribution in [3.8, 4) is 17.9 Å². The van der Waals surface area contributed by atoms with Gasteiger partial charge in [0.2, 0.25) is 0 Å². The Labute approximate surface area is 161 Å². The van der Waals surface area contributed by atoms with Crippen LogP contribution < -0.4 is 5.32 Å². The second-order valence-corrected chi connectivity index (χ2v) is 6.51. The van der Waals surface area contributed by atoms with E-state index in [1.165, 1.54) is 17.8 Å². The predicted octanol–water partition coefficient (Wildman–Crippen LogP) is 5.39. The fourth-order valence-electron chi connectivity index (χ4n) is 1.96. The van der Waals surface area contributed by atoms with Gasteiger partial charge in [-0.25, -0.2) is 4.39 Å². The minimum atomic E-state index is -0.382. The van der Waals surface area contributed by atoms with Crippen molar-refractivity contribution in [2.45, 2.75) is 0 Å². The fraction of sp³-hybridized carbons (Fsp3) is 0.100. The molecule has 6 heteroatoms. The zero-order valence-corrected chi connectivity index (χ0v) is 15.4. The van der Waals surface area contributed by atoms with Crippen molar-refractivity contribution < 1.29 is 4.39 Å². The first kappa shape index (κ1) is 19.6. The van der Waals surface area contributed by atoms with Gasteiger partial charge in [0.1, 0.15) is 5.82 Å². The smallest absolute Gasteiger partial charge is 0.138 e. The largest absolute Gasteiger partial charge is 0.374 e. The lowest BCUT2D eigenvalue weighted by Crippen LogP contribution is -2.00. The van der Waals surface area contributed by atoms with E-state index in [9.17, 15) is 4.39 Å². The number of hydrogen-bond acceptors (Lipinski definition) is 4. The molecule has 0 unspecified atom stereocenters. The summed E-state index contributed by atoms with van der Waals surface area (Å²) in [5, 5.41) is 12.3. The Kier molecular flexibility index (Phi) is 7.29. The summed E-state index contributed by atoms with van der Waals surface area (Å²) in [6.07, 6.45) is 0. The molecule has 0 atom stereocenters. The van der Waals surface area contributed by atoms with Crippen LogP contribution in [0.5, 0.6) is 0 Å². The maximum atomic E-state index is 13.7. The van der Waals surface area contributed by atoms with E-state index in [1.807, 2.05) is 6.07 Å². The molecule has 0 amide bonds. The van der Waals surface area contributed by atoms with Gasteiger partial charge in [0, 0.05) is 16.9 Å². The molecule has 2 rings (SSSR count). The SMILES string of the molecule is C=Nc1cc(C#Cc2ccccc2F)c(Cl)cc1NCSCC(=C)C#N. The van der Waals surface area contributed by atoms with Crippen LogP contribution in [-0.2, 0) is 0 Å². The van der Waals surface area contributed by atoms with E-state index in [4.69, 9.17) is 16.9 Å². The number of nitriles is 1. The minimum absolute atomic E-state index is 0.299. The lowest BCUT2D eigenvalue weighted by molar-refractivity contribution is 0.624. The first-order valence-corrected chi connectivity index (χ1v) is 9.04. The molecule has 26 heavy (non-hydrogen) atoms. The number of hydrogen-bond donors (Lipinski definition) is 1. The number of rotatable bonds is 6. The van der Waals surface area contributed by atoms with Crippen LogP contribution in [0.3, 0.4) is 0 Å². The van der Waals surface area contributed by atoms with Gasteiger partial charge in [-0.1, -0.05) is 42.2 Å². The number of thioether (sulfide) groups is 1. The van der Waals surface area contributed by atoms with Gasteiger partial charge in [-0.05, 0) is 31.0 Å². The van der Waals surface area contributed by atoms with Crippen molar-refractivity contribution in [3.05, 3.63) is 70.5 Å². The van der Waals surface area contributed by atoms with Crippen molar-refractivity contribution in [2.24, 2.45) is 4.99 Å². The van der Waals surface area contributed by atoms with Crippen molar-refractivity contribution >= 4 is 41.5 Å². The van der Waals surface area contributed by atoms with Crippen LogP contribution in [0.15, 0.2) is 53.5 Å². The molecule has 0 radical (unpaired) electrons. The van der Waals surface area contributed by atoms with E-state index in [0.29, 0.717) is 44.7 Å². The van der Waals surface area contributed by atoms with E-state index in [0.717, 1.165) is 0 Å². The van der Waals surface area contributed by atoms with Gasteiger partial charge < -0.3 is 5.32 Å². The highest BCUT2D eigenvalue weighted by molar-refractivity contribution is 7.99. The number of nitrogens with one attached hydrogen (secondary N) is 1. The van der Waals surface area contributed by atoms with Crippen molar-refractivity contribution in [1.82, 2.24) is 0 Å². The summed E-state index contributed by atoms with van der Waals surface area (Å²) in [6, 6.07) is 11.7. The molecule has 0 saturated carbocycles. The molecule has 0 aliphatic heterocycles. The zero-order valence-electron chi connectivity index (χ0n) is 13.9. The number of halogens is 2. The Bertz CT molecular complexity index is 938. The molecular weight excluding hydrogens is 369 g/mol. The van der Waals surface area contributed by atoms with Crippen molar-refractivity contribution in [3.63, 3.8) is 0 Å². The van der Waals surface area contributed by atoms with Crippen LogP contribution in [0, 0.1) is 29.0 Å². The third-order valence-corrected chi connectivity index (χ3v) is 4.47. The Hall–Kier alpha value is -2.73. The zero-order chi connectivity index (χ0) is 18.9. The Balaban J connectivity index is 2.17. The first-order chi connectivity index (χ1) is 12.5. The van der Waals surface area contributed by atoms with Crippen LogP contribution >= 0.6 is 23.4 Å². The standard InChI is InChI=1S/C20H15ClFN3S/c1-14(11-23)12-26-13-25-20-10-17(21)16(9-19(20)24-2)8-7-15-5-3-4-6-18(15)22/h3-6,9-10,25H,1-2,12-13H2. The molecule has 0 aliphatic rings. The van der Waals surface area contributed by atoms with E-state index >= 15 is 0 Å². The fourth-order valence-corrected chi connectivity index (χ4v) is 2.84. The van der Waals surface area contributed by atoms with Gasteiger partial charge in [0.25, 0.3) is 0 Å². The molecule has 130 valence electrons. The van der Waals surface area contributed by atoms with Crippen molar-refractivity contribution in [2.75, 3.05) is 16.9 Å². The van der Waals surface area contributed by atoms with Gasteiger partial charge in [-0.2, -0.15) is 5.26 Å². The lowest BCUT2D eigenvalue weighted by atomic mass is 10.1. The molecule has 0 heterocycles. The summed E-state index contributed by atoms with van der Waals surface area (Å²) in [6.45, 7) is 7.19. The van der Waals surface area contributed by atoms with Crippen LogP contribution in [0.1, 0.15) is 11.1 Å². The van der Waals surface area contributed by atoms with Crippen LogP contribution in [0.25, 0.3) is 0 Å². The third kappa shape index (κ3) is 5.39. The molecule has 0 aromatic heterocycles. The lowest BCUT2D eigenvalue weighted by Gasteiger charge is -2.10. The Morgan fingerprint density at radius 3 is 2.69 bits per heavy atom. The molecule has 3 nitrogen and oxygen atoms in total. The summed E-state index contributed by atoms with van der Waals surface area (Å²) in [4.78, 5) is 3.98. The average Bonchev–Trinajstić information content (AvgIpc) is 2.65. The van der Waals surface area contributed by atoms with E-state index in [1.54, 1.807) is 30.3 Å². The number of aliphatic imine (C=N–C) groups is 1. The van der Waals surface area contributed by atoms with Crippen LogP contribution in [-0.4, -0.2) is 18.3 Å². The molecule has 0 bridgehead atoms. The molecule has 0 spiro atoms. The summed E-state index contributed by atoms with van der Waals surface area (Å²) < 4.78 is 13.7. The van der Waals surface area contributed by atoms with E-state index in [2.05, 4.69) is 35.4 Å². The molecule has 0 fully saturated rings. The molecule has 2 aromatic rings. The molecule has 0 saturated heterocycles. The summed E-state index contributed by atoms with van der Waals surface area (Å²) in [5.41, 5.74) is 2.64. The maximum absolute atomic E-state index is 13.7. The monoisotopic (exact) mass is 383 g/mol. The predicted molar refractivity (Wildman–Crippen MR) is 109 cm³/mol. The van der Waals surface area contributed by atoms with Crippen LogP contribution in [0.4, 0.5) is 15.8 Å². The molecular formula is C20H15ClFN3S. The van der Waals surface area contributed by atoms with Gasteiger partial charge in [-0.3, -0.25) is 4.99 Å². The highest BCUT2D eigenvalue weighted by Crippen LogP contribution is 2.31. The number of anilines is 1. The van der Waals surface area contributed by atoms with Gasteiger partial charge >= 0.3 is 0 Å². The highest BCUT2D eigenvalue weighted by atomic mass is 35.5. The average molecular weight is 384 g/mol. The maximum Gasteiger partial charge on any atom is 0.138 e. The molecule has 1 N–H and O–H groups in total. The van der Waals surface area contributed by atoms with Gasteiger partial charge in [-0.15, -0.1) is 11.8 Å². The van der Waals surface area contributed by atoms with Crippen molar-refractivity contribution in [1.29, 1.82) is 5.26 Å². The summed E-state index contributed by atoms with van der Waals surface area (Å²) in [7, 11) is 0. The minimum Gasteiger partial charge on any atom is -0.374 e. The number of benzene rings is 2. The van der Waals surface area contributed by atoms with Crippen LogP contribution in [0.2, 0.25) is 5.02 Å². The highest BCUT2D eigenvalue weighted by Gasteiger charge is 2.07. The topological polar surface area (TPSA) is 48.2 Å². The van der Waals surface area contributed by atoms with E-state index in [-0.39, 0.29) is 5.82 Å². The molecule has 0 aliphatic carbocycles. The number of nitrogens with zero attached hydrogens (tertiary/aromatic N) is 2. The third-order valence-electron chi connectivity index (χ3n) is 3.26. The Morgan fingerprint density at radius 2 is 2.00 bits per heavy atom. The van der Waals surface area contributed by atoms with Gasteiger partial charge in [0.05, 0.1) is 33.9 Å². The summed E-state index contributed by atoms with van der Waals surface area (Å²) in [5.74, 6) is 6.36. The van der Waals surface area contributed by atoms with E-state index < -0.39 is 0 Å².